The molecular formula is C15H14N4O2S. The molecule has 1 aliphatic heterocycles. The number of thiazole rings is 1. The number of amides is 1. The Hall–Kier alpha value is -2.25. The quantitative estimate of drug-likeness (QED) is 0.779. The molecule has 0 bridgehead atoms. The third-order valence-corrected chi connectivity index (χ3v) is 4.52. The zero-order valence-electron chi connectivity index (χ0n) is 11.7. The second-order valence-corrected chi connectivity index (χ2v) is 6.05. The molecule has 0 spiro atoms. The van der Waals surface area contributed by atoms with Crippen molar-refractivity contribution in [1.82, 2.24) is 15.0 Å². The van der Waals surface area contributed by atoms with Gasteiger partial charge in [0, 0.05) is 35.3 Å². The van der Waals surface area contributed by atoms with Crippen LogP contribution in [0.15, 0.2) is 29.9 Å². The number of nitrogens with zero attached hydrogens (tertiary/aromatic N) is 2. The maximum absolute atomic E-state index is 12.1. The molecular weight excluding hydrogens is 300 g/mol. The number of carbonyl (C=O) groups excluding carboxylic acids is 1. The first-order valence-corrected chi connectivity index (χ1v) is 7.96. The molecule has 112 valence electrons. The van der Waals surface area contributed by atoms with Crippen molar-refractivity contribution in [2.45, 2.75) is 6.42 Å². The summed E-state index contributed by atoms with van der Waals surface area (Å²) >= 11 is 1.43. The van der Waals surface area contributed by atoms with Gasteiger partial charge in [-0.3, -0.25) is 4.79 Å². The molecule has 3 aromatic rings. The van der Waals surface area contributed by atoms with Gasteiger partial charge >= 0.3 is 0 Å². The molecule has 1 fully saturated rings. The van der Waals surface area contributed by atoms with Gasteiger partial charge in [0.2, 0.25) is 5.91 Å². The lowest BCUT2D eigenvalue weighted by atomic mass is 10.1. The van der Waals surface area contributed by atoms with Gasteiger partial charge in [-0.15, -0.1) is 11.3 Å². The van der Waals surface area contributed by atoms with Crippen LogP contribution in [0.2, 0.25) is 0 Å². The van der Waals surface area contributed by atoms with Gasteiger partial charge in [-0.25, -0.2) is 9.97 Å². The Morgan fingerprint density at radius 1 is 1.50 bits per heavy atom. The van der Waals surface area contributed by atoms with Crippen LogP contribution in [-0.2, 0) is 9.53 Å². The third kappa shape index (κ3) is 2.38. The average Bonchev–Trinajstić information content (AvgIpc) is 3.27. The number of aromatic nitrogens is 3. The number of H-pyrrole nitrogens is 1. The van der Waals surface area contributed by atoms with Crippen molar-refractivity contribution < 1.29 is 9.53 Å². The number of fused-ring (bicyclic) bond motifs is 1. The number of nitrogens with one attached hydrogen (secondary N) is 2. The maximum atomic E-state index is 12.1. The van der Waals surface area contributed by atoms with E-state index in [2.05, 4.69) is 20.3 Å². The number of carbonyl (C=O) groups is 1. The summed E-state index contributed by atoms with van der Waals surface area (Å²) in [5.74, 6) is -0.0800. The number of hydrogen-bond acceptors (Lipinski definition) is 5. The number of anilines is 1. The van der Waals surface area contributed by atoms with Crippen LogP contribution in [0.3, 0.4) is 0 Å². The SMILES string of the molecule is O=C(Nc1nc(-c2c[nH]c3ncccc23)cs1)C1CCOC1. The molecule has 0 aliphatic carbocycles. The minimum absolute atomic E-state index is 0.0148. The minimum atomic E-state index is -0.0651. The van der Waals surface area contributed by atoms with Crippen LogP contribution in [0.4, 0.5) is 5.13 Å². The Kier molecular flexibility index (Phi) is 3.36. The largest absolute Gasteiger partial charge is 0.381 e. The highest BCUT2D eigenvalue weighted by molar-refractivity contribution is 7.14. The first-order chi connectivity index (χ1) is 10.8. The van der Waals surface area contributed by atoms with E-state index >= 15 is 0 Å². The van der Waals surface area contributed by atoms with Gasteiger partial charge < -0.3 is 15.0 Å². The molecule has 1 aliphatic rings. The Morgan fingerprint density at radius 2 is 2.45 bits per heavy atom. The number of pyridine rings is 1. The molecule has 3 aromatic heterocycles. The van der Waals surface area contributed by atoms with Gasteiger partial charge in [0.05, 0.1) is 18.2 Å². The van der Waals surface area contributed by atoms with Crippen molar-refractivity contribution in [3.8, 4) is 11.3 Å². The highest BCUT2D eigenvalue weighted by Crippen LogP contribution is 2.30. The molecule has 0 saturated carbocycles. The second kappa shape index (κ2) is 5.51. The lowest BCUT2D eigenvalue weighted by molar-refractivity contribution is -0.119. The number of ether oxygens (including phenoxy) is 1. The maximum Gasteiger partial charge on any atom is 0.231 e. The summed E-state index contributed by atoms with van der Waals surface area (Å²) in [5, 5.41) is 6.46. The highest BCUT2D eigenvalue weighted by atomic mass is 32.1. The van der Waals surface area contributed by atoms with Crippen molar-refractivity contribution in [2.75, 3.05) is 18.5 Å². The number of aromatic amines is 1. The molecule has 2 N–H and O–H groups in total. The second-order valence-electron chi connectivity index (χ2n) is 5.19. The van der Waals surface area contributed by atoms with Gasteiger partial charge in [0.15, 0.2) is 5.13 Å². The van der Waals surface area contributed by atoms with Crippen molar-refractivity contribution >= 4 is 33.4 Å². The van der Waals surface area contributed by atoms with Crippen LogP contribution in [0.1, 0.15) is 6.42 Å². The van der Waals surface area contributed by atoms with E-state index < -0.39 is 0 Å². The van der Waals surface area contributed by atoms with Gasteiger partial charge in [-0.05, 0) is 18.6 Å². The molecule has 1 atom stereocenters. The summed E-state index contributed by atoms with van der Waals surface area (Å²) in [6.07, 6.45) is 4.42. The summed E-state index contributed by atoms with van der Waals surface area (Å²) in [6.45, 7) is 1.15. The van der Waals surface area contributed by atoms with E-state index in [-0.39, 0.29) is 11.8 Å². The van der Waals surface area contributed by atoms with Gasteiger partial charge in [0.1, 0.15) is 5.65 Å². The van der Waals surface area contributed by atoms with Crippen molar-refractivity contribution in [3.63, 3.8) is 0 Å². The summed E-state index contributed by atoms with van der Waals surface area (Å²) in [6, 6.07) is 3.90. The predicted molar refractivity (Wildman–Crippen MR) is 84.8 cm³/mol. The summed E-state index contributed by atoms with van der Waals surface area (Å²) < 4.78 is 5.24. The van der Waals surface area contributed by atoms with E-state index in [1.54, 1.807) is 6.20 Å². The average molecular weight is 314 g/mol. The number of rotatable bonds is 3. The Labute approximate surface area is 130 Å². The van der Waals surface area contributed by atoms with E-state index in [4.69, 9.17) is 4.74 Å². The highest BCUT2D eigenvalue weighted by Gasteiger charge is 2.24. The Morgan fingerprint density at radius 3 is 3.32 bits per heavy atom. The number of hydrogen-bond donors (Lipinski definition) is 2. The Bertz CT molecular complexity index is 820. The molecule has 6 nitrogen and oxygen atoms in total. The van der Waals surface area contributed by atoms with Crippen LogP contribution < -0.4 is 5.32 Å². The smallest absolute Gasteiger partial charge is 0.231 e. The van der Waals surface area contributed by atoms with E-state index in [1.165, 1.54) is 11.3 Å². The minimum Gasteiger partial charge on any atom is -0.381 e. The summed E-state index contributed by atoms with van der Waals surface area (Å²) in [4.78, 5) is 24.0. The Balaban J connectivity index is 1.57. The monoisotopic (exact) mass is 314 g/mol. The van der Waals surface area contributed by atoms with Crippen LogP contribution >= 0.6 is 11.3 Å². The van der Waals surface area contributed by atoms with Gasteiger partial charge in [-0.2, -0.15) is 0 Å². The van der Waals surface area contributed by atoms with E-state index in [0.29, 0.717) is 18.3 Å². The molecule has 22 heavy (non-hydrogen) atoms. The van der Waals surface area contributed by atoms with Crippen molar-refractivity contribution in [3.05, 3.63) is 29.9 Å². The molecule has 1 amide bonds. The molecule has 4 rings (SSSR count). The van der Waals surface area contributed by atoms with E-state index in [9.17, 15) is 4.79 Å². The fourth-order valence-electron chi connectivity index (χ4n) is 2.57. The van der Waals surface area contributed by atoms with Crippen LogP contribution in [0.25, 0.3) is 22.3 Å². The zero-order valence-corrected chi connectivity index (χ0v) is 12.5. The first-order valence-electron chi connectivity index (χ1n) is 7.08. The molecule has 1 saturated heterocycles. The fraction of sp³-hybridized carbons (Fsp3) is 0.267. The lowest BCUT2D eigenvalue weighted by Crippen LogP contribution is -2.22. The van der Waals surface area contributed by atoms with Crippen molar-refractivity contribution in [1.29, 1.82) is 0 Å². The third-order valence-electron chi connectivity index (χ3n) is 3.76. The molecule has 7 heteroatoms. The summed E-state index contributed by atoms with van der Waals surface area (Å²) in [7, 11) is 0. The van der Waals surface area contributed by atoms with Gasteiger partial charge in [-0.1, -0.05) is 0 Å². The zero-order chi connectivity index (χ0) is 14.9. The van der Waals surface area contributed by atoms with E-state index in [1.807, 2.05) is 23.7 Å². The molecule has 0 radical (unpaired) electrons. The first kappa shape index (κ1) is 13.4. The molecule has 4 heterocycles. The standard InChI is InChI=1S/C15H14N4O2S/c20-14(9-3-5-21-7-9)19-15-18-12(8-22-15)11-6-17-13-10(11)2-1-4-16-13/h1-2,4,6,8-9H,3,5,7H2,(H,16,17)(H,18,19,20). The molecule has 0 aromatic carbocycles. The molecule has 1 unspecified atom stereocenters. The summed E-state index contributed by atoms with van der Waals surface area (Å²) in [5.41, 5.74) is 2.66. The topological polar surface area (TPSA) is 79.9 Å². The predicted octanol–water partition coefficient (Wildman–Crippen LogP) is 2.66. The fourth-order valence-corrected chi connectivity index (χ4v) is 3.28. The van der Waals surface area contributed by atoms with Crippen LogP contribution in [0.5, 0.6) is 0 Å². The van der Waals surface area contributed by atoms with Crippen molar-refractivity contribution in [2.24, 2.45) is 5.92 Å². The van der Waals surface area contributed by atoms with Crippen LogP contribution in [0, 0.1) is 5.92 Å². The van der Waals surface area contributed by atoms with Crippen LogP contribution in [-0.4, -0.2) is 34.1 Å². The van der Waals surface area contributed by atoms with E-state index in [0.717, 1.165) is 28.7 Å². The van der Waals surface area contributed by atoms with Gasteiger partial charge in [0.25, 0.3) is 0 Å². The normalized spacial score (nSPS) is 17.9. The lowest BCUT2D eigenvalue weighted by Gasteiger charge is -2.05.